The van der Waals surface area contributed by atoms with Gasteiger partial charge in [-0.2, -0.15) is 5.10 Å². The van der Waals surface area contributed by atoms with E-state index in [-0.39, 0.29) is 0 Å². The number of benzene rings is 2. The molecular formula is C20H24N4O2. The number of hydrogen-bond acceptors (Lipinski definition) is 5. The van der Waals surface area contributed by atoms with Gasteiger partial charge in [-0.05, 0) is 43.4 Å². The Bertz CT molecular complexity index is 960. The summed E-state index contributed by atoms with van der Waals surface area (Å²) in [4.78, 5) is 2.39. The maximum Gasteiger partial charge on any atom is 0.161 e. The van der Waals surface area contributed by atoms with E-state index < -0.39 is 0 Å². The standard InChI is InChI=1S/C20H24N4O2/c1-4-23(5-2)10-11-24-16-8-7-15(21)20-18(16)19(22-24)14-12-13(25-3)6-9-17(14)26-20/h6-9,12H,4-5,10-11,21H2,1-3H3. The average molecular weight is 352 g/mol. The molecule has 0 unspecified atom stereocenters. The van der Waals surface area contributed by atoms with E-state index in [1.807, 2.05) is 30.3 Å². The van der Waals surface area contributed by atoms with Crippen LogP contribution in [0.2, 0.25) is 0 Å². The SMILES string of the molecule is CCN(CC)CCn1nc2c3c(c(N)ccc31)Oc1ccc(OC)cc1-2. The lowest BCUT2D eigenvalue weighted by molar-refractivity contribution is 0.287. The van der Waals surface area contributed by atoms with Gasteiger partial charge in [-0.25, -0.2) is 0 Å². The van der Waals surface area contributed by atoms with Crippen molar-refractivity contribution in [3.05, 3.63) is 30.3 Å². The van der Waals surface area contributed by atoms with Crippen molar-refractivity contribution in [3.63, 3.8) is 0 Å². The van der Waals surface area contributed by atoms with Crippen molar-refractivity contribution in [2.45, 2.75) is 20.4 Å². The Hall–Kier alpha value is -2.73. The highest BCUT2D eigenvalue weighted by Crippen LogP contribution is 2.49. The van der Waals surface area contributed by atoms with E-state index in [1.165, 1.54) is 0 Å². The first-order valence-corrected chi connectivity index (χ1v) is 9.03. The second kappa shape index (κ2) is 6.53. The fourth-order valence-electron chi connectivity index (χ4n) is 3.52. The van der Waals surface area contributed by atoms with E-state index >= 15 is 0 Å². The van der Waals surface area contributed by atoms with E-state index in [4.69, 9.17) is 20.3 Å². The number of ether oxygens (including phenoxy) is 2. The monoisotopic (exact) mass is 352 g/mol. The highest BCUT2D eigenvalue weighted by atomic mass is 16.5. The third-order valence-electron chi connectivity index (χ3n) is 5.08. The van der Waals surface area contributed by atoms with Crippen LogP contribution in [0.15, 0.2) is 30.3 Å². The minimum absolute atomic E-state index is 0.628. The van der Waals surface area contributed by atoms with Gasteiger partial charge >= 0.3 is 0 Å². The molecule has 3 aromatic rings. The van der Waals surface area contributed by atoms with Gasteiger partial charge in [0.1, 0.15) is 17.2 Å². The minimum Gasteiger partial charge on any atom is -0.497 e. The van der Waals surface area contributed by atoms with Crippen LogP contribution in [0, 0.1) is 0 Å². The van der Waals surface area contributed by atoms with Crippen molar-refractivity contribution < 1.29 is 9.47 Å². The van der Waals surface area contributed by atoms with Crippen LogP contribution in [0.5, 0.6) is 17.2 Å². The Balaban J connectivity index is 1.85. The molecule has 1 aromatic heterocycles. The molecule has 2 aromatic carbocycles. The first-order chi connectivity index (χ1) is 12.7. The predicted octanol–water partition coefficient (Wildman–Crippen LogP) is 3.74. The number of hydrogen-bond donors (Lipinski definition) is 1. The quantitative estimate of drug-likeness (QED) is 0.536. The van der Waals surface area contributed by atoms with E-state index in [2.05, 4.69) is 23.4 Å². The van der Waals surface area contributed by atoms with Gasteiger partial charge in [0.2, 0.25) is 0 Å². The molecule has 4 rings (SSSR count). The summed E-state index contributed by atoms with van der Waals surface area (Å²) in [7, 11) is 1.66. The van der Waals surface area contributed by atoms with Crippen molar-refractivity contribution in [1.29, 1.82) is 0 Å². The second-order valence-electron chi connectivity index (χ2n) is 6.44. The number of nitrogens with two attached hydrogens (primary N) is 1. The molecule has 6 heteroatoms. The zero-order valence-electron chi connectivity index (χ0n) is 15.5. The van der Waals surface area contributed by atoms with Gasteiger partial charge in [-0.1, -0.05) is 13.8 Å². The van der Waals surface area contributed by atoms with Gasteiger partial charge in [0.25, 0.3) is 0 Å². The van der Waals surface area contributed by atoms with Gasteiger partial charge in [0.15, 0.2) is 5.75 Å². The van der Waals surface area contributed by atoms with Crippen molar-refractivity contribution in [3.8, 4) is 28.5 Å². The van der Waals surface area contributed by atoms with Crippen LogP contribution in [0.1, 0.15) is 13.8 Å². The van der Waals surface area contributed by atoms with Crippen LogP contribution in [-0.2, 0) is 6.54 Å². The molecule has 26 heavy (non-hydrogen) atoms. The first kappa shape index (κ1) is 16.7. The van der Waals surface area contributed by atoms with Gasteiger partial charge in [-0.15, -0.1) is 0 Å². The number of methoxy groups -OCH3 is 1. The third-order valence-corrected chi connectivity index (χ3v) is 5.08. The number of rotatable bonds is 6. The highest BCUT2D eigenvalue weighted by molar-refractivity contribution is 6.04. The lowest BCUT2D eigenvalue weighted by Crippen LogP contribution is -2.27. The summed E-state index contributed by atoms with van der Waals surface area (Å²) < 4.78 is 13.6. The molecule has 136 valence electrons. The molecule has 6 nitrogen and oxygen atoms in total. The molecule has 2 N–H and O–H groups in total. The molecule has 0 aliphatic carbocycles. The molecular weight excluding hydrogens is 328 g/mol. The molecule has 0 amide bonds. The lowest BCUT2D eigenvalue weighted by Gasteiger charge is -2.18. The minimum atomic E-state index is 0.628. The summed E-state index contributed by atoms with van der Waals surface area (Å²) in [6, 6.07) is 9.69. The average Bonchev–Trinajstić information content (AvgIpc) is 3.04. The van der Waals surface area contributed by atoms with E-state index in [0.717, 1.165) is 59.8 Å². The summed E-state index contributed by atoms with van der Waals surface area (Å²) in [6.45, 7) is 8.20. The van der Waals surface area contributed by atoms with Crippen LogP contribution in [0.3, 0.4) is 0 Å². The Morgan fingerprint density at radius 1 is 1.19 bits per heavy atom. The lowest BCUT2D eigenvalue weighted by atomic mass is 10.0. The fourth-order valence-corrected chi connectivity index (χ4v) is 3.52. The van der Waals surface area contributed by atoms with Gasteiger partial charge in [0.05, 0.1) is 30.2 Å². The molecule has 0 fully saturated rings. The second-order valence-corrected chi connectivity index (χ2v) is 6.44. The maximum absolute atomic E-state index is 6.19. The molecule has 0 radical (unpaired) electrons. The molecule has 0 saturated carbocycles. The highest BCUT2D eigenvalue weighted by Gasteiger charge is 2.27. The summed E-state index contributed by atoms with van der Waals surface area (Å²) in [6.07, 6.45) is 0. The topological polar surface area (TPSA) is 65.5 Å². The predicted molar refractivity (Wildman–Crippen MR) is 104 cm³/mol. The Labute approximate surface area is 153 Å². The molecule has 2 heterocycles. The van der Waals surface area contributed by atoms with Crippen molar-refractivity contribution in [1.82, 2.24) is 14.7 Å². The molecule has 1 aliphatic heterocycles. The normalized spacial score (nSPS) is 12.3. The zero-order valence-corrected chi connectivity index (χ0v) is 15.5. The number of nitrogens with zero attached hydrogens (tertiary/aromatic N) is 3. The van der Waals surface area contributed by atoms with Crippen molar-refractivity contribution in [2.75, 3.05) is 32.5 Å². The Kier molecular flexibility index (Phi) is 4.20. The summed E-state index contributed by atoms with van der Waals surface area (Å²) >= 11 is 0. The van der Waals surface area contributed by atoms with Crippen molar-refractivity contribution >= 4 is 16.6 Å². The number of nitrogen functional groups attached to an aromatic ring is 1. The number of fused-ring (bicyclic) bond motifs is 2. The third kappa shape index (κ3) is 2.57. The number of likely N-dealkylation sites (N-methyl/N-ethyl adjacent to an activating group) is 1. The van der Waals surface area contributed by atoms with Crippen LogP contribution in [-0.4, -0.2) is 41.4 Å². The van der Waals surface area contributed by atoms with Gasteiger partial charge in [0, 0.05) is 12.1 Å². The Morgan fingerprint density at radius 2 is 2.00 bits per heavy atom. The molecule has 1 aliphatic rings. The largest absolute Gasteiger partial charge is 0.497 e. The van der Waals surface area contributed by atoms with Crippen LogP contribution in [0.4, 0.5) is 5.69 Å². The molecule has 0 saturated heterocycles. The summed E-state index contributed by atoms with van der Waals surface area (Å²) in [5.41, 5.74) is 9.71. The zero-order chi connectivity index (χ0) is 18.3. The van der Waals surface area contributed by atoms with Crippen LogP contribution in [0.25, 0.3) is 22.2 Å². The Morgan fingerprint density at radius 3 is 2.73 bits per heavy atom. The van der Waals surface area contributed by atoms with Gasteiger partial charge in [-0.3, -0.25) is 4.68 Å². The van der Waals surface area contributed by atoms with E-state index in [1.54, 1.807) is 7.11 Å². The van der Waals surface area contributed by atoms with E-state index in [9.17, 15) is 0 Å². The maximum atomic E-state index is 6.19. The van der Waals surface area contributed by atoms with Crippen molar-refractivity contribution in [2.24, 2.45) is 0 Å². The summed E-state index contributed by atoms with van der Waals surface area (Å²) in [5, 5.41) is 5.89. The fraction of sp³-hybridized carbons (Fsp3) is 0.350. The van der Waals surface area contributed by atoms with E-state index in [0.29, 0.717) is 11.4 Å². The molecule has 0 atom stereocenters. The number of aromatic nitrogens is 2. The molecule has 0 spiro atoms. The van der Waals surface area contributed by atoms with Crippen LogP contribution >= 0.6 is 0 Å². The smallest absolute Gasteiger partial charge is 0.161 e. The number of anilines is 1. The molecule has 0 bridgehead atoms. The van der Waals surface area contributed by atoms with Crippen LogP contribution < -0.4 is 15.2 Å². The summed E-state index contributed by atoms with van der Waals surface area (Å²) in [5.74, 6) is 2.24. The van der Waals surface area contributed by atoms with Gasteiger partial charge < -0.3 is 20.1 Å². The first-order valence-electron chi connectivity index (χ1n) is 9.03.